The first-order valence-corrected chi connectivity index (χ1v) is 6.59. The molecule has 0 fully saturated rings. The summed E-state index contributed by atoms with van der Waals surface area (Å²) in [4.78, 5) is 8.41. The summed E-state index contributed by atoms with van der Waals surface area (Å²) < 4.78 is 0. The van der Waals surface area contributed by atoms with Crippen molar-refractivity contribution in [2.75, 3.05) is 0 Å². The zero-order valence-corrected chi connectivity index (χ0v) is 10.8. The predicted molar refractivity (Wildman–Crippen MR) is 82.5 cm³/mol. The van der Waals surface area contributed by atoms with Gasteiger partial charge in [0.25, 0.3) is 0 Å². The van der Waals surface area contributed by atoms with E-state index in [2.05, 4.69) is 46.4 Å². The van der Waals surface area contributed by atoms with Gasteiger partial charge in [0, 0.05) is 35.6 Å². The van der Waals surface area contributed by atoms with Crippen molar-refractivity contribution in [1.82, 2.24) is 9.97 Å². The lowest BCUT2D eigenvalue weighted by molar-refractivity contribution is 1.36. The van der Waals surface area contributed by atoms with Gasteiger partial charge in [0.1, 0.15) is 0 Å². The molecule has 20 heavy (non-hydrogen) atoms. The molecule has 0 saturated heterocycles. The van der Waals surface area contributed by atoms with Crippen molar-refractivity contribution in [3.05, 3.63) is 73.3 Å². The molecule has 0 bridgehead atoms. The van der Waals surface area contributed by atoms with Crippen molar-refractivity contribution in [3.8, 4) is 11.1 Å². The SMILES string of the molecule is c1cc(-c2ccc3cnccc3c2)c2cnccc2c1. The van der Waals surface area contributed by atoms with Crippen molar-refractivity contribution in [2.24, 2.45) is 0 Å². The van der Waals surface area contributed by atoms with Crippen molar-refractivity contribution < 1.29 is 0 Å². The summed E-state index contributed by atoms with van der Waals surface area (Å²) in [7, 11) is 0. The Hall–Kier alpha value is -2.74. The van der Waals surface area contributed by atoms with Crippen LogP contribution in [0.1, 0.15) is 0 Å². The fourth-order valence-corrected chi connectivity index (χ4v) is 2.62. The van der Waals surface area contributed by atoms with Crippen molar-refractivity contribution in [2.45, 2.75) is 0 Å². The Morgan fingerprint density at radius 3 is 2.45 bits per heavy atom. The second-order valence-corrected chi connectivity index (χ2v) is 4.84. The standard InChI is InChI=1S/C18H12N2/c1-2-13-6-8-20-12-18(13)17(3-1)15-4-5-16-11-19-9-7-14(16)10-15/h1-12H. The number of fused-ring (bicyclic) bond motifs is 2. The van der Waals surface area contributed by atoms with Gasteiger partial charge in [-0.25, -0.2) is 0 Å². The van der Waals surface area contributed by atoms with E-state index in [4.69, 9.17) is 0 Å². The molecule has 2 nitrogen and oxygen atoms in total. The van der Waals surface area contributed by atoms with Crippen LogP contribution in [0, 0.1) is 0 Å². The number of hydrogen-bond donors (Lipinski definition) is 0. The smallest absolute Gasteiger partial charge is 0.0352 e. The Labute approximate surface area is 116 Å². The largest absolute Gasteiger partial charge is 0.264 e. The first-order valence-electron chi connectivity index (χ1n) is 6.59. The average molecular weight is 256 g/mol. The molecule has 0 aliphatic heterocycles. The number of rotatable bonds is 1. The molecular weight excluding hydrogens is 244 g/mol. The summed E-state index contributed by atoms with van der Waals surface area (Å²) in [5, 5.41) is 4.77. The van der Waals surface area contributed by atoms with Crippen LogP contribution in [0.2, 0.25) is 0 Å². The zero-order chi connectivity index (χ0) is 13.4. The maximum atomic E-state index is 4.25. The van der Waals surface area contributed by atoms with E-state index >= 15 is 0 Å². The molecule has 0 N–H and O–H groups in total. The molecule has 2 heteroatoms. The van der Waals surface area contributed by atoms with Gasteiger partial charge in [0.15, 0.2) is 0 Å². The lowest BCUT2D eigenvalue weighted by Crippen LogP contribution is -1.83. The summed E-state index contributed by atoms with van der Waals surface area (Å²) in [5.74, 6) is 0. The number of nitrogens with zero attached hydrogens (tertiary/aromatic N) is 2. The van der Waals surface area contributed by atoms with Gasteiger partial charge in [-0.3, -0.25) is 9.97 Å². The molecule has 0 unspecified atom stereocenters. The zero-order valence-electron chi connectivity index (χ0n) is 10.8. The van der Waals surface area contributed by atoms with Crippen LogP contribution in [0.25, 0.3) is 32.7 Å². The molecule has 0 spiro atoms. The third kappa shape index (κ3) is 1.74. The van der Waals surface area contributed by atoms with E-state index in [0.717, 1.165) is 5.39 Å². The second-order valence-electron chi connectivity index (χ2n) is 4.84. The van der Waals surface area contributed by atoms with Crippen molar-refractivity contribution >= 4 is 21.5 Å². The summed E-state index contributed by atoms with van der Waals surface area (Å²) in [5.41, 5.74) is 2.43. The highest BCUT2D eigenvalue weighted by atomic mass is 14.6. The molecule has 0 saturated carbocycles. The fraction of sp³-hybridized carbons (Fsp3) is 0. The molecule has 0 atom stereocenters. The van der Waals surface area contributed by atoms with Crippen LogP contribution in [0.4, 0.5) is 0 Å². The summed E-state index contributed by atoms with van der Waals surface area (Å²) in [6, 6.07) is 16.9. The molecule has 0 aliphatic carbocycles. The number of pyridine rings is 2. The van der Waals surface area contributed by atoms with Crippen molar-refractivity contribution in [1.29, 1.82) is 0 Å². The summed E-state index contributed by atoms with van der Waals surface area (Å²) in [6.45, 7) is 0. The van der Waals surface area contributed by atoms with Crippen LogP contribution in [0.5, 0.6) is 0 Å². The van der Waals surface area contributed by atoms with E-state index in [-0.39, 0.29) is 0 Å². The monoisotopic (exact) mass is 256 g/mol. The minimum atomic E-state index is 1.16. The molecular formula is C18H12N2. The van der Waals surface area contributed by atoms with Crippen LogP contribution in [-0.4, -0.2) is 9.97 Å². The van der Waals surface area contributed by atoms with Crippen LogP contribution >= 0.6 is 0 Å². The minimum absolute atomic E-state index is 1.16. The number of aromatic nitrogens is 2. The van der Waals surface area contributed by atoms with Gasteiger partial charge >= 0.3 is 0 Å². The molecule has 2 aromatic carbocycles. The molecule has 4 rings (SSSR count). The molecule has 0 amide bonds. The van der Waals surface area contributed by atoms with Gasteiger partial charge in [-0.1, -0.05) is 30.3 Å². The van der Waals surface area contributed by atoms with E-state index in [9.17, 15) is 0 Å². The highest BCUT2D eigenvalue weighted by Crippen LogP contribution is 2.29. The molecule has 0 radical (unpaired) electrons. The Bertz CT molecular complexity index is 908. The van der Waals surface area contributed by atoms with Crippen LogP contribution in [0.3, 0.4) is 0 Å². The Morgan fingerprint density at radius 2 is 1.50 bits per heavy atom. The van der Waals surface area contributed by atoms with E-state index < -0.39 is 0 Å². The van der Waals surface area contributed by atoms with E-state index in [0.29, 0.717) is 0 Å². The third-order valence-corrected chi connectivity index (χ3v) is 3.64. The van der Waals surface area contributed by atoms with E-state index in [1.807, 2.05) is 36.9 Å². The number of hydrogen-bond acceptors (Lipinski definition) is 2. The first-order chi connectivity index (χ1) is 9.92. The minimum Gasteiger partial charge on any atom is -0.264 e. The Kier molecular flexibility index (Phi) is 2.46. The Morgan fingerprint density at radius 1 is 0.650 bits per heavy atom. The molecule has 4 aromatic rings. The maximum absolute atomic E-state index is 4.25. The number of benzene rings is 2. The van der Waals surface area contributed by atoms with Crippen LogP contribution in [-0.2, 0) is 0 Å². The lowest BCUT2D eigenvalue weighted by Gasteiger charge is -2.07. The third-order valence-electron chi connectivity index (χ3n) is 3.64. The molecule has 0 aliphatic rings. The van der Waals surface area contributed by atoms with E-state index in [1.54, 1.807) is 0 Å². The quantitative estimate of drug-likeness (QED) is 0.503. The molecule has 2 aromatic heterocycles. The maximum Gasteiger partial charge on any atom is 0.0352 e. The van der Waals surface area contributed by atoms with Gasteiger partial charge < -0.3 is 0 Å². The van der Waals surface area contributed by atoms with Gasteiger partial charge in [0.05, 0.1) is 0 Å². The molecule has 94 valence electrons. The van der Waals surface area contributed by atoms with E-state index in [1.165, 1.54) is 27.3 Å². The summed E-state index contributed by atoms with van der Waals surface area (Å²) in [6.07, 6.45) is 7.49. The predicted octanol–water partition coefficient (Wildman–Crippen LogP) is 4.45. The first kappa shape index (κ1) is 11.1. The normalized spacial score (nSPS) is 11.0. The van der Waals surface area contributed by atoms with Crippen LogP contribution < -0.4 is 0 Å². The highest BCUT2D eigenvalue weighted by Gasteiger charge is 2.04. The van der Waals surface area contributed by atoms with Gasteiger partial charge in [-0.2, -0.15) is 0 Å². The summed E-state index contributed by atoms with van der Waals surface area (Å²) >= 11 is 0. The highest BCUT2D eigenvalue weighted by molar-refractivity contribution is 5.98. The molecule has 2 heterocycles. The van der Waals surface area contributed by atoms with Crippen molar-refractivity contribution in [3.63, 3.8) is 0 Å². The Balaban J connectivity index is 2.01. The lowest BCUT2D eigenvalue weighted by atomic mass is 9.98. The average Bonchev–Trinajstić information content (AvgIpc) is 2.54. The van der Waals surface area contributed by atoms with Gasteiger partial charge in [-0.05, 0) is 40.1 Å². The van der Waals surface area contributed by atoms with Gasteiger partial charge in [0.2, 0.25) is 0 Å². The fourth-order valence-electron chi connectivity index (χ4n) is 2.62. The van der Waals surface area contributed by atoms with Gasteiger partial charge in [-0.15, -0.1) is 0 Å². The van der Waals surface area contributed by atoms with Crippen LogP contribution in [0.15, 0.2) is 73.3 Å². The second kappa shape index (κ2) is 4.42. The topological polar surface area (TPSA) is 25.8 Å².